The lowest BCUT2D eigenvalue weighted by atomic mass is 10.2. The van der Waals surface area contributed by atoms with E-state index in [2.05, 4.69) is 16.2 Å². The van der Waals surface area contributed by atoms with Gasteiger partial charge in [-0.05, 0) is 36.2 Å². The number of carbonyl (C=O) groups excluding carboxylic acids is 2. The number of carbonyl (C=O) groups is 2. The van der Waals surface area contributed by atoms with Crippen LogP contribution >= 0.6 is 22.9 Å². The second-order valence-electron chi connectivity index (χ2n) is 4.86. The fraction of sp³-hybridized carbons (Fsp3) is 0.250. The van der Waals surface area contributed by atoms with Crippen LogP contribution in [0.3, 0.4) is 0 Å². The zero-order valence-electron chi connectivity index (χ0n) is 12.7. The van der Waals surface area contributed by atoms with Crippen LogP contribution in [0.2, 0.25) is 5.02 Å². The maximum atomic E-state index is 12.0. The standard InChI is InChI=1S/C16H18ClN3O2S/c1-2-3-10-18-16(22)20-19-15(21)14-9-8-13(23-14)11-4-6-12(17)7-5-11/h4-9H,2-3,10H2,1H3,(H,19,21)(H2,18,20,22). The zero-order chi connectivity index (χ0) is 16.7. The maximum Gasteiger partial charge on any atom is 0.333 e. The van der Waals surface area contributed by atoms with Crippen LogP contribution in [0, 0.1) is 0 Å². The van der Waals surface area contributed by atoms with E-state index in [0.29, 0.717) is 16.4 Å². The molecule has 3 amide bonds. The van der Waals surface area contributed by atoms with Gasteiger partial charge < -0.3 is 5.32 Å². The van der Waals surface area contributed by atoms with Gasteiger partial charge in [0.1, 0.15) is 0 Å². The molecule has 1 aromatic heterocycles. The van der Waals surface area contributed by atoms with Gasteiger partial charge in [0, 0.05) is 16.4 Å². The molecule has 0 aliphatic heterocycles. The van der Waals surface area contributed by atoms with Gasteiger partial charge in [-0.2, -0.15) is 0 Å². The van der Waals surface area contributed by atoms with Crippen molar-refractivity contribution in [3.05, 3.63) is 46.3 Å². The summed E-state index contributed by atoms with van der Waals surface area (Å²) in [6.45, 7) is 2.62. The van der Waals surface area contributed by atoms with E-state index in [-0.39, 0.29) is 5.91 Å². The predicted octanol–water partition coefficient (Wildman–Crippen LogP) is 3.81. The molecule has 0 aliphatic rings. The van der Waals surface area contributed by atoms with Gasteiger partial charge in [0.25, 0.3) is 5.91 Å². The van der Waals surface area contributed by atoms with E-state index >= 15 is 0 Å². The Balaban J connectivity index is 1.88. The largest absolute Gasteiger partial charge is 0.337 e. The van der Waals surface area contributed by atoms with Crippen LogP contribution in [0.15, 0.2) is 36.4 Å². The maximum absolute atomic E-state index is 12.0. The van der Waals surface area contributed by atoms with Gasteiger partial charge in [-0.1, -0.05) is 37.1 Å². The number of hydrogen-bond donors (Lipinski definition) is 3. The molecule has 0 spiro atoms. The molecule has 7 heteroatoms. The Morgan fingerprint density at radius 3 is 2.52 bits per heavy atom. The van der Waals surface area contributed by atoms with E-state index in [0.717, 1.165) is 23.3 Å². The number of benzene rings is 1. The van der Waals surface area contributed by atoms with Crippen LogP contribution in [-0.4, -0.2) is 18.5 Å². The third kappa shape index (κ3) is 5.26. The normalized spacial score (nSPS) is 10.2. The minimum Gasteiger partial charge on any atom is -0.337 e. The molecular formula is C16H18ClN3O2S. The number of thiophene rings is 1. The molecule has 0 aliphatic carbocycles. The van der Waals surface area contributed by atoms with E-state index in [4.69, 9.17) is 11.6 Å². The first-order valence-corrected chi connectivity index (χ1v) is 8.49. The van der Waals surface area contributed by atoms with Crippen LogP contribution in [0.5, 0.6) is 0 Å². The van der Waals surface area contributed by atoms with E-state index in [1.54, 1.807) is 18.2 Å². The molecule has 0 fully saturated rings. The van der Waals surface area contributed by atoms with Gasteiger partial charge in [-0.3, -0.25) is 10.2 Å². The molecule has 0 unspecified atom stereocenters. The third-order valence-corrected chi connectivity index (χ3v) is 4.45. The SMILES string of the molecule is CCCCNC(=O)NNC(=O)c1ccc(-c2ccc(Cl)cc2)s1. The molecule has 5 nitrogen and oxygen atoms in total. The van der Waals surface area contributed by atoms with Gasteiger partial charge in [-0.15, -0.1) is 11.3 Å². The Morgan fingerprint density at radius 2 is 1.83 bits per heavy atom. The van der Waals surface area contributed by atoms with Crippen LogP contribution in [0.4, 0.5) is 4.79 Å². The minimum absolute atomic E-state index is 0.346. The van der Waals surface area contributed by atoms with Crippen LogP contribution < -0.4 is 16.2 Å². The Bertz CT molecular complexity index is 670. The van der Waals surface area contributed by atoms with Crippen molar-refractivity contribution in [2.45, 2.75) is 19.8 Å². The second kappa shape index (κ2) is 8.55. The van der Waals surface area contributed by atoms with Crippen LogP contribution in [0.1, 0.15) is 29.4 Å². The Morgan fingerprint density at radius 1 is 1.09 bits per heavy atom. The number of unbranched alkanes of at least 4 members (excludes halogenated alkanes) is 1. The zero-order valence-corrected chi connectivity index (χ0v) is 14.3. The first-order valence-electron chi connectivity index (χ1n) is 7.30. The van der Waals surface area contributed by atoms with Crippen molar-refractivity contribution in [3.63, 3.8) is 0 Å². The minimum atomic E-state index is -0.415. The van der Waals surface area contributed by atoms with Crippen LogP contribution in [-0.2, 0) is 0 Å². The smallest absolute Gasteiger partial charge is 0.333 e. The van der Waals surface area contributed by atoms with Crippen LogP contribution in [0.25, 0.3) is 10.4 Å². The molecule has 1 heterocycles. The predicted molar refractivity (Wildman–Crippen MR) is 93.7 cm³/mol. The Kier molecular flexibility index (Phi) is 6.43. The van der Waals surface area contributed by atoms with Crippen molar-refractivity contribution >= 4 is 34.9 Å². The highest BCUT2D eigenvalue weighted by atomic mass is 35.5. The molecule has 0 saturated carbocycles. The van der Waals surface area contributed by atoms with E-state index in [9.17, 15) is 9.59 Å². The summed E-state index contributed by atoms with van der Waals surface area (Å²) in [4.78, 5) is 25.0. The summed E-state index contributed by atoms with van der Waals surface area (Å²) in [7, 11) is 0. The molecule has 2 rings (SSSR count). The summed E-state index contributed by atoms with van der Waals surface area (Å²) < 4.78 is 0. The second-order valence-corrected chi connectivity index (χ2v) is 6.38. The highest BCUT2D eigenvalue weighted by Gasteiger charge is 2.11. The molecule has 2 aromatic rings. The quantitative estimate of drug-likeness (QED) is 0.566. The van der Waals surface area contributed by atoms with Gasteiger partial charge >= 0.3 is 6.03 Å². The number of hydrogen-bond acceptors (Lipinski definition) is 3. The molecule has 0 radical (unpaired) electrons. The van der Waals surface area contributed by atoms with Crippen molar-refractivity contribution < 1.29 is 9.59 Å². The van der Waals surface area contributed by atoms with Gasteiger partial charge in [0.05, 0.1) is 4.88 Å². The summed E-state index contributed by atoms with van der Waals surface area (Å²) in [5.74, 6) is -0.346. The Labute approximate surface area is 144 Å². The van der Waals surface area contributed by atoms with Crippen molar-refractivity contribution in [2.75, 3.05) is 6.54 Å². The molecular weight excluding hydrogens is 334 g/mol. The number of halogens is 1. The summed E-state index contributed by atoms with van der Waals surface area (Å²) in [6.07, 6.45) is 1.89. The lowest BCUT2D eigenvalue weighted by molar-refractivity contribution is 0.0940. The van der Waals surface area contributed by atoms with Crippen molar-refractivity contribution in [1.82, 2.24) is 16.2 Å². The topological polar surface area (TPSA) is 70.2 Å². The fourth-order valence-corrected chi connectivity index (χ4v) is 2.86. The average molecular weight is 352 g/mol. The molecule has 0 saturated heterocycles. The summed E-state index contributed by atoms with van der Waals surface area (Å²) in [5.41, 5.74) is 5.71. The first kappa shape index (κ1) is 17.3. The van der Waals surface area contributed by atoms with E-state index < -0.39 is 6.03 Å². The highest BCUT2D eigenvalue weighted by molar-refractivity contribution is 7.17. The number of rotatable bonds is 5. The lowest BCUT2D eigenvalue weighted by Crippen LogP contribution is -2.46. The average Bonchev–Trinajstić information content (AvgIpc) is 3.03. The molecule has 1 aromatic carbocycles. The van der Waals surface area contributed by atoms with E-state index in [1.165, 1.54) is 11.3 Å². The first-order chi connectivity index (χ1) is 11.1. The summed E-state index contributed by atoms with van der Waals surface area (Å²) >= 11 is 7.21. The van der Waals surface area contributed by atoms with Crippen molar-refractivity contribution in [3.8, 4) is 10.4 Å². The molecule has 122 valence electrons. The summed E-state index contributed by atoms with van der Waals surface area (Å²) in [6, 6.07) is 10.6. The Hall–Kier alpha value is -2.05. The number of hydrazine groups is 1. The summed E-state index contributed by atoms with van der Waals surface area (Å²) in [5, 5.41) is 3.32. The molecule has 0 bridgehead atoms. The number of urea groups is 1. The molecule has 23 heavy (non-hydrogen) atoms. The van der Waals surface area contributed by atoms with E-state index in [1.807, 2.05) is 25.1 Å². The highest BCUT2D eigenvalue weighted by Crippen LogP contribution is 2.28. The van der Waals surface area contributed by atoms with Crippen molar-refractivity contribution in [1.29, 1.82) is 0 Å². The van der Waals surface area contributed by atoms with Crippen molar-refractivity contribution in [2.24, 2.45) is 0 Å². The lowest BCUT2D eigenvalue weighted by Gasteiger charge is -2.07. The number of nitrogens with one attached hydrogen (secondary N) is 3. The molecule has 0 atom stereocenters. The van der Waals surface area contributed by atoms with Gasteiger partial charge in [-0.25, -0.2) is 10.2 Å². The van der Waals surface area contributed by atoms with Gasteiger partial charge in [0.15, 0.2) is 0 Å². The number of amides is 3. The van der Waals surface area contributed by atoms with Gasteiger partial charge in [0.2, 0.25) is 0 Å². The molecule has 3 N–H and O–H groups in total. The monoisotopic (exact) mass is 351 g/mol. The fourth-order valence-electron chi connectivity index (χ4n) is 1.83. The third-order valence-electron chi connectivity index (χ3n) is 3.06.